The van der Waals surface area contributed by atoms with E-state index in [4.69, 9.17) is 4.74 Å². The van der Waals surface area contributed by atoms with E-state index in [1.165, 1.54) is 17.5 Å². The summed E-state index contributed by atoms with van der Waals surface area (Å²) in [6.45, 7) is 10.5. The van der Waals surface area contributed by atoms with E-state index in [1.54, 1.807) is 0 Å². The number of amides is 1. The highest BCUT2D eigenvalue weighted by atomic mass is 16.6. The summed E-state index contributed by atoms with van der Waals surface area (Å²) in [5.74, 6) is 0. The Labute approximate surface area is 145 Å². The lowest BCUT2D eigenvalue weighted by Crippen LogP contribution is -2.46. The summed E-state index contributed by atoms with van der Waals surface area (Å²) in [5.41, 5.74) is 2.52. The van der Waals surface area contributed by atoms with Crippen LogP contribution in [0.4, 0.5) is 4.79 Å². The molecule has 4 nitrogen and oxygen atoms in total. The van der Waals surface area contributed by atoms with Crippen molar-refractivity contribution < 1.29 is 9.53 Å². The van der Waals surface area contributed by atoms with Gasteiger partial charge in [0.2, 0.25) is 0 Å². The highest BCUT2D eigenvalue weighted by Crippen LogP contribution is 2.49. The molecule has 1 aromatic carbocycles. The molecule has 1 aromatic rings. The van der Waals surface area contributed by atoms with Crippen LogP contribution in [0, 0.1) is 12.3 Å². The molecule has 2 aliphatic rings. The molecule has 1 unspecified atom stereocenters. The molecule has 1 atom stereocenters. The first-order valence-corrected chi connectivity index (χ1v) is 9.07. The molecule has 2 fully saturated rings. The Bertz CT molecular complexity index is 581. The fraction of sp³-hybridized carbons (Fsp3) is 0.650. The lowest BCUT2D eigenvalue weighted by atomic mass is 9.70. The minimum absolute atomic E-state index is 0.171. The quantitative estimate of drug-likeness (QED) is 0.845. The van der Waals surface area contributed by atoms with Gasteiger partial charge >= 0.3 is 6.09 Å². The second kappa shape index (κ2) is 6.40. The van der Waals surface area contributed by atoms with Crippen LogP contribution in [0.3, 0.4) is 0 Å². The summed E-state index contributed by atoms with van der Waals surface area (Å²) in [6.07, 6.45) is 3.10. The smallest absolute Gasteiger partial charge is 0.410 e. The molecule has 24 heavy (non-hydrogen) atoms. The summed E-state index contributed by atoms with van der Waals surface area (Å²) in [4.78, 5) is 14.2. The van der Waals surface area contributed by atoms with Crippen molar-refractivity contribution >= 4 is 6.09 Å². The molecule has 132 valence electrons. The number of benzene rings is 1. The molecule has 1 spiro atoms. The molecule has 1 N–H and O–H groups in total. The topological polar surface area (TPSA) is 41.6 Å². The summed E-state index contributed by atoms with van der Waals surface area (Å²) in [5, 5.41) is 3.70. The van der Waals surface area contributed by atoms with Gasteiger partial charge in [-0.15, -0.1) is 0 Å². The van der Waals surface area contributed by atoms with E-state index in [-0.39, 0.29) is 11.5 Å². The second-order valence-corrected chi connectivity index (χ2v) is 8.38. The van der Waals surface area contributed by atoms with Gasteiger partial charge in [0.15, 0.2) is 0 Å². The fourth-order valence-corrected chi connectivity index (χ4v) is 4.06. The van der Waals surface area contributed by atoms with Gasteiger partial charge in [-0.05, 0) is 64.5 Å². The fourth-order valence-electron chi connectivity index (χ4n) is 4.06. The number of rotatable bonds is 1. The first-order chi connectivity index (χ1) is 11.3. The van der Waals surface area contributed by atoms with E-state index in [0.29, 0.717) is 6.04 Å². The van der Waals surface area contributed by atoms with E-state index in [2.05, 4.69) is 36.5 Å². The third-order valence-electron chi connectivity index (χ3n) is 5.41. The second-order valence-electron chi connectivity index (χ2n) is 8.38. The molecule has 3 rings (SSSR count). The number of carbonyl (C=O) groups is 1. The van der Waals surface area contributed by atoms with Gasteiger partial charge in [-0.3, -0.25) is 0 Å². The number of carbonyl (C=O) groups excluding carboxylic acids is 1. The molecule has 2 aliphatic heterocycles. The third-order valence-corrected chi connectivity index (χ3v) is 5.41. The Morgan fingerprint density at radius 1 is 1.17 bits per heavy atom. The molecular weight excluding hydrogens is 300 g/mol. The molecule has 0 saturated carbocycles. The Morgan fingerprint density at radius 3 is 2.38 bits per heavy atom. The number of piperidine rings is 1. The van der Waals surface area contributed by atoms with Crippen LogP contribution in [0.15, 0.2) is 24.3 Å². The Balaban J connectivity index is 1.67. The van der Waals surface area contributed by atoms with Crippen molar-refractivity contribution in [1.29, 1.82) is 0 Å². The zero-order chi connectivity index (χ0) is 17.4. The van der Waals surface area contributed by atoms with E-state index < -0.39 is 5.60 Å². The maximum Gasteiger partial charge on any atom is 0.410 e. The summed E-state index contributed by atoms with van der Waals surface area (Å²) < 4.78 is 5.52. The van der Waals surface area contributed by atoms with Crippen molar-refractivity contribution in [2.45, 2.75) is 58.6 Å². The van der Waals surface area contributed by atoms with Crippen LogP contribution in [0.5, 0.6) is 0 Å². The number of hydrogen-bond acceptors (Lipinski definition) is 3. The summed E-state index contributed by atoms with van der Waals surface area (Å²) in [7, 11) is 0. The van der Waals surface area contributed by atoms with Crippen molar-refractivity contribution in [2.75, 3.05) is 19.6 Å². The molecule has 0 aromatic heterocycles. The van der Waals surface area contributed by atoms with E-state index >= 15 is 0 Å². The molecule has 0 bridgehead atoms. The van der Waals surface area contributed by atoms with Crippen LogP contribution in [0.2, 0.25) is 0 Å². The van der Waals surface area contributed by atoms with Crippen LogP contribution < -0.4 is 5.32 Å². The number of nitrogens with zero attached hydrogens (tertiary/aromatic N) is 1. The minimum atomic E-state index is -0.425. The predicted molar refractivity (Wildman–Crippen MR) is 96.0 cm³/mol. The van der Waals surface area contributed by atoms with Gasteiger partial charge < -0.3 is 15.0 Å². The number of aryl methyl sites for hydroxylation is 1. The van der Waals surface area contributed by atoms with Crippen molar-refractivity contribution in [3.63, 3.8) is 0 Å². The van der Waals surface area contributed by atoms with Crippen LogP contribution in [0.25, 0.3) is 0 Å². The molecule has 1 amide bonds. The van der Waals surface area contributed by atoms with Crippen LogP contribution in [-0.4, -0.2) is 36.2 Å². The molecule has 0 aliphatic carbocycles. The number of ether oxygens (including phenoxy) is 1. The molecule has 2 heterocycles. The Hall–Kier alpha value is -1.55. The molecular formula is C20H30N2O2. The Morgan fingerprint density at radius 2 is 1.79 bits per heavy atom. The average molecular weight is 330 g/mol. The van der Waals surface area contributed by atoms with Gasteiger partial charge in [0, 0.05) is 19.1 Å². The zero-order valence-corrected chi connectivity index (χ0v) is 15.4. The maximum atomic E-state index is 12.3. The van der Waals surface area contributed by atoms with Gasteiger partial charge in [0.1, 0.15) is 5.60 Å². The predicted octanol–water partition coefficient (Wildman–Crippen LogP) is 4.05. The summed E-state index contributed by atoms with van der Waals surface area (Å²) >= 11 is 0. The van der Waals surface area contributed by atoms with E-state index in [0.717, 1.165) is 32.5 Å². The van der Waals surface area contributed by atoms with Gasteiger partial charge in [-0.25, -0.2) is 4.79 Å². The lowest BCUT2D eigenvalue weighted by Gasteiger charge is -2.43. The van der Waals surface area contributed by atoms with Crippen LogP contribution in [-0.2, 0) is 4.74 Å². The van der Waals surface area contributed by atoms with Crippen molar-refractivity contribution in [2.24, 2.45) is 5.41 Å². The van der Waals surface area contributed by atoms with E-state index in [1.807, 2.05) is 25.7 Å². The standard InChI is InChI=1S/C20H30N2O2/c1-15-5-7-16(8-6-15)17-20(9-12-21-17)10-13-22(14-11-20)18(23)24-19(2,3)4/h5-8,17,21H,9-14H2,1-4H3. The molecule has 0 radical (unpaired) electrons. The monoisotopic (exact) mass is 330 g/mol. The summed E-state index contributed by atoms with van der Waals surface area (Å²) in [6, 6.07) is 9.29. The first kappa shape index (κ1) is 17.3. The van der Waals surface area contributed by atoms with Gasteiger partial charge in [0.05, 0.1) is 0 Å². The number of likely N-dealkylation sites (tertiary alicyclic amines) is 1. The lowest BCUT2D eigenvalue weighted by molar-refractivity contribution is 0.00822. The maximum absolute atomic E-state index is 12.3. The third kappa shape index (κ3) is 3.59. The molecule has 2 saturated heterocycles. The van der Waals surface area contributed by atoms with Gasteiger partial charge in [0.25, 0.3) is 0 Å². The zero-order valence-electron chi connectivity index (χ0n) is 15.4. The largest absolute Gasteiger partial charge is 0.444 e. The highest BCUT2D eigenvalue weighted by molar-refractivity contribution is 5.68. The normalized spacial score (nSPS) is 23.5. The van der Waals surface area contributed by atoms with Crippen molar-refractivity contribution in [1.82, 2.24) is 10.2 Å². The van der Waals surface area contributed by atoms with Gasteiger partial charge in [-0.2, -0.15) is 0 Å². The minimum Gasteiger partial charge on any atom is -0.444 e. The van der Waals surface area contributed by atoms with Crippen molar-refractivity contribution in [3.05, 3.63) is 35.4 Å². The van der Waals surface area contributed by atoms with Crippen LogP contribution >= 0.6 is 0 Å². The van der Waals surface area contributed by atoms with Crippen LogP contribution in [0.1, 0.15) is 57.2 Å². The highest BCUT2D eigenvalue weighted by Gasteiger charge is 2.46. The van der Waals surface area contributed by atoms with Crippen molar-refractivity contribution in [3.8, 4) is 0 Å². The average Bonchev–Trinajstić information content (AvgIpc) is 2.90. The Kier molecular flexibility index (Phi) is 4.60. The number of nitrogens with one attached hydrogen (secondary N) is 1. The number of hydrogen-bond donors (Lipinski definition) is 1. The first-order valence-electron chi connectivity index (χ1n) is 9.07. The SMILES string of the molecule is Cc1ccc(C2NCCC23CCN(C(=O)OC(C)(C)C)CC3)cc1. The molecule has 4 heteroatoms. The van der Waals surface area contributed by atoms with Gasteiger partial charge in [-0.1, -0.05) is 29.8 Å². The van der Waals surface area contributed by atoms with E-state index in [9.17, 15) is 4.79 Å².